The van der Waals surface area contributed by atoms with Crippen molar-refractivity contribution in [3.63, 3.8) is 0 Å². The molecule has 22 heavy (non-hydrogen) atoms. The summed E-state index contributed by atoms with van der Waals surface area (Å²) < 4.78 is 0. The first-order chi connectivity index (χ1) is 10.3. The van der Waals surface area contributed by atoms with Gasteiger partial charge < -0.3 is 10.4 Å². The Hall–Kier alpha value is -2.43. The van der Waals surface area contributed by atoms with Crippen LogP contribution in [0, 0.1) is 5.92 Å². The maximum Gasteiger partial charge on any atom is 0.332 e. The molecule has 1 unspecified atom stereocenters. The van der Waals surface area contributed by atoms with Crippen LogP contribution in [0.15, 0.2) is 40.9 Å². The van der Waals surface area contributed by atoms with Crippen molar-refractivity contribution in [1.29, 1.82) is 0 Å². The molecule has 5 heteroatoms. The summed E-state index contributed by atoms with van der Waals surface area (Å²) >= 11 is 0. The van der Waals surface area contributed by atoms with E-state index in [1.54, 1.807) is 6.92 Å². The van der Waals surface area contributed by atoms with Gasteiger partial charge in [0.2, 0.25) is 0 Å². The zero-order valence-corrected chi connectivity index (χ0v) is 13.2. The number of carboxylic acids is 1. The van der Waals surface area contributed by atoms with Gasteiger partial charge in [-0.2, -0.15) is 0 Å². The molecule has 0 radical (unpaired) electrons. The lowest BCUT2D eigenvalue weighted by molar-refractivity contribution is -0.132. The summed E-state index contributed by atoms with van der Waals surface area (Å²) in [5.74, 6) is -0.905. The quantitative estimate of drug-likeness (QED) is 0.838. The van der Waals surface area contributed by atoms with Crippen LogP contribution in [0.4, 0.5) is 0 Å². The number of amides is 1. The fourth-order valence-corrected chi connectivity index (χ4v) is 2.30. The van der Waals surface area contributed by atoms with Crippen molar-refractivity contribution in [1.82, 2.24) is 5.32 Å². The highest BCUT2D eigenvalue weighted by Crippen LogP contribution is 2.30. The third kappa shape index (κ3) is 2.66. The van der Waals surface area contributed by atoms with Gasteiger partial charge in [0.25, 0.3) is 5.91 Å². The average molecular weight is 300 g/mol. The van der Waals surface area contributed by atoms with Gasteiger partial charge in [-0.25, -0.2) is 4.79 Å². The van der Waals surface area contributed by atoms with E-state index in [0.29, 0.717) is 11.4 Å². The van der Waals surface area contributed by atoms with Gasteiger partial charge in [0.1, 0.15) is 11.4 Å². The van der Waals surface area contributed by atoms with Crippen LogP contribution in [0.3, 0.4) is 0 Å². The Morgan fingerprint density at radius 1 is 1.27 bits per heavy atom. The van der Waals surface area contributed by atoms with E-state index < -0.39 is 11.5 Å². The Morgan fingerprint density at radius 2 is 1.86 bits per heavy atom. The van der Waals surface area contributed by atoms with E-state index in [9.17, 15) is 14.7 Å². The molecular formula is C17H20N2O3. The maximum atomic E-state index is 12.3. The predicted molar refractivity (Wildman–Crippen MR) is 85.5 cm³/mol. The number of nitrogens with zero attached hydrogens (tertiary/aromatic N) is 1. The number of aliphatic imine (C=N–C) groups is 1. The molecule has 1 heterocycles. The zero-order chi connectivity index (χ0) is 16.5. The van der Waals surface area contributed by atoms with Crippen molar-refractivity contribution in [2.45, 2.75) is 33.2 Å². The van der Waals surface area contributed by atoms with Gasteiger partial charge in [-0.1, -0.05) is 44.2 Å². The molecule has 1 aromatic carbocycles. The first-order valence-electron chi connectivity index (χ1n) is 7.18. The molecule has 0 aromatic heterocycles. The lowest BCUT2D eigenvalue weighted by Gasteiger charge is -2.21. The van der Waals surface area contributed by atoms with Crippen LogP contribution >= 0.6 is 0 Å². The van der Waals surface area contributed by atoms with Crippen LogP contribution in [-0.4, -0.2) is 28.4 Å². The molecule has 0 aliphatic carbocycles. The number of amidine groups is 1. The van der Waals surface area contributed by atoms with Crippen molar-refractivity contribution in [2.24, 2.45) is 10.9 Å². The largest absolute Gasteiger partial charge is 0.478 e. The van der Waals surface area contributed by atoms with Gasteiger partial charge in [-0.05, 0) is 25.3 Å². The minimum Gasteiger partial charge on any atom is -0.478 e. The second kappa shape index (κ2) is 5.75. The van der Waals surface area contributed by atoms with Crippen molar-refractivity contribution >= 4 is 23.3 Å². The monoisotopic (exact) mass is 300 g/mol. The number of nitrogens with one attached hydrogen (secondary N) is 1. The highest BCUT2D eigenvalue weighted by Gasteiger charge is 2.43. The molecule has 0 saturated heterocycles. The first kappa shape index (κ1) is 15.9. The van der Waals surface area contributed by atoms with E-state index in [1.165, 1.54) is 6.92 Å². The number of carbonyl (C=O) groups is 2. The van der Waals surface area contributed by atoms with Crippen LogP contribution < -0.4 is 5.32 Å². The number of aliphatic carboxylic acids is 1. The topological polar surface area (TPSA) is 78.8 Å². The average Bonchev–Trinajstić information content (AvgIpc) is 2.77. The third-order valence-electron chi connectivity index (χ3n) is 4.15. The molecule has 1 aromatic rings. The van der Waals surface area contributed by atoms with Gasteiger partial charge >= 0.3 is 5.97 Å². The summed E-state index contributed by atoms with van der Waals surface area (Å²) in [6.45, 7) is 7.12. The smallest absolute Gasteiger partial charge is 0.332 e. The van der Waals surface area contributed by atoms with E-state index in [4.69, 9.17) is 0 Å². The molecule has 1 aliphatic rings. The molecule has 1 atom stereocenters. The maximum absolute atomic E-state index is 12.3. The minimum atomic E-state index is -1.03. The number of hydrogen-bond donors (Lipinski definition) is 2. The predicted octanol–water partition coefficient (Wildman–Crippen LogP) is 2.49. The van der Waals surface area contributed by atoms with Gasteiger partial charge in [-0.3, -0.25) is 9.79 Å². The van der Waals surface area contributed by atoms with E-state index in [-0.39, 0.29) is 17.4 Å². The van der Waals surface area contributed by atoms with Crippen LogP contribution in [0.2, 0.25) is 0 Å². The zero-order valence-electron chi connectivity index (χ0n) is 13.2. The fraction of sp³-hybridized carbons (Fsp3) is 0.353. The van der Waals surface area contributed by atoms with Crippen molar-refractivity contribution < 1.29 is 14.7 Å². The Kier molecular flexibility index (Phi) is 4.17. The van der Waals surface area contributed by atoms with E-state index in [2.05, 4.69) is 10.3 Å². The normalized spacial score (nSPS) is 22.2. The fourth-order valence-electron chi connectivity index (χ4n) is 2.30. The molecule has 5 nitrogen and oxygen atoms in total. The Balaban J connectivity index is 2.61. The molecule has 116 valence electrons. The van der Waals surface area contributed by atoms with E-state index in [0.717, 1.165) is 5.56 Å². The van der Waals surface area contributed by atoms with Crippen molar-refractivity contribution in [2.75, 3.05) is 0 Å². The lowest BCUT2D eigenvalue weighted by Crippen LogP contribution is -2.41. The summed E-state index contributed by atoms with van der Waals surface area (Å²) in [7, 11) is 0. The van der Waals surface area contributed by atoms with Gasteiger partial charge in [0, 0.05) is 11.1 Å². The second-order valence-electron chi connectivity index (χ2n) is 5.89. The van der Waals surface area contributed by atoms with Crippen LogP contribution in [0.25, 0.3) is 5.57 Å². The number of hydrogen-bond acceptors (Lipinski definition) is 3. The van der Waals surface area contributed by atoms with Crippen molar-refractivity contribution in [3.8, 4) is 0 Å². The lowest BCUT2D eigenvalue weighted by atomic mass is 9.89. The second-order valence-corrected chi connectivity index (χ2v) is 5.89. The molecular weight excluding hydrogens is 280 g/mol. The summed E-state index contributed by atoms with van der Waals surface area (Å²) in [5.41, 5.74) is 0.437. The highest BCUT2D eigenvalue weighted by molar-refractivity contribution is 6.33. The SMILES string of the molecule is CC(C(=O)O)=C(C1=NC(C)(C(C)C)C(=O)N1)c1ccccc1. The summed E-state index contributed by atoms with van der Waals surface area (Å²) in [5, 5.41) is 12.1. The summed E-state index contributed by atoms with van der Waals surface area (Å²) in [6.07, 6.45) is 0. The van der Waals surface area contributed by atoms with Crippen molar-refractivity contribution in [3.05, 3.63) is 41.5 Å². The number of benzene rings is 1. The molecule has 0 bridgehead atoms. The Morgan fingerprint density at radius 3 is 2.32 bits per heavy atom. The highest BCUT2D eigenvalue weighted by atomic mass is 16.4. The molecule has 0 saturated carbocycles. The Labute approximate surface area is 129 Å². The first-order valence-corrected chi connectivity index (χ1v) is 7.18. The third-order valence-corrected chi connectivity index (χ3v) is 4.15. The van der Waals surface area contributed by atoms with E-state index in [1.807, 2.05) is 44.2 Å². The van der Waals surface area contributed by atoms with Gasteiger partial charge in [0.15, 0.2) is 0 Å². The van der Waals surface area contributed by atoms with E-state index >= 15 is 0 Å². The molecule has 1 amide bonds. The van der Waals surface area contributed by atoms with Gasteiger partial charge in [-0.15, -0.1) is 0 Å². The standard InChI is InChI=1S/C17H20N2O3/c1-10(2)17(4)16(22)18-14(19-17)13(11(3)15(20)21)12-8-6-5-7-9-12/h5-10H,1-4H3,(H,20,21)(H,18,19,22). The molecule has 0 spiro atoms. The molecule has 2 N–H and O–H groups in total. The summed E-state index contributed by atoms with van der Waals surface area (Å²) in [4.78, 5) is 28.2. The van der Waals surface area contributed by atoms with Gasteiger partial charge in [0.05, 0.1) is 0 Å². The number of rotatable bonds is 4. The van der Waals surface area contributed by atoms with Crippen LogP contribution in [0.1, 0.15) is 33.3 Å². The number of carboxylic acid groups (broad SMARTS) is 1. The number of carbonyl (C=O) groups excluding carboxylic acids is 1. The Bertz CT molecular complexity index is 674. The minimum absolute atomic E-state index is 0.00663. The van der Waals surface area contributed by atoms with Crippen LogP contribution in [0.5, 0.6) is 0 Å². The molecule has 2 rings (SSSR count). The molecule has 1 aliphatic heterocycles. The summed E-state index contributed by atoms with van der Waals surface area (Å²) in [6, 6.07) is 9.11. The molecule has 0 fully saturated rings. The van der Waals surface area contributed by atoms with Crippen LogP contribution in [-0.2, 0) is 9.59 Å².